The van der Waals surface area contributed by atoms with E-state index in [2.05, 4.69) is 30.2 Å². The molecule has 0 amide bonds. The number of hydrogen-bond acceptors (Lipinski definition) is 2. The predicted octanol–water partition coefficient (Wildman–Crippen LogP) is 3.57. The van der Waals surface area contributed by atoms with Crippen molar-refractivity contribution >= 4 is 0 Å². The molecule has 19 heavy (non-hydrogen) atoms. The van der Waals surface area contributed by atoms with Gasteiger partial charge in [-0.3, -0.25) is 0 Å². The third kappa shape index (κ3) is 5.36. The molecular formula is C17H25NO. The van der Waals surface area contributed by atoms with Gasteiger partial charge >= 0.3 is 0 Å². The first-order valence-electron chi connectivity index (χ1n) is 7.06. The maximum atomic E-state index is 5.64. The first-order chi connectivity index (χ1) is 9.17. The van der Waals surface area contributed by atoms with Gasteiger partial charge in [-0.1, -0.05) is 37.0 Å². The maximum absolute atomic E-state index is 5.64. The lowest BCUT2D eigenvalue weighted by Gasteiger charge is -2.06. The van der Waals surface area contributed by atoms with Crippen molar-refractivity contribution in [2.75, 3.05) is 13.7 Å². The van der Waals surface area contributed by atoms with Gasteiger partial charge < -0.3 is 10.1 Å². The second kappa shape index (κ2) is 7.86. The molecule has 1 N–H and O–H groups in total. The Bertz CT molecular complexity index is 428. The molecule has 0 atom stereocenters. The Morgan fingerprint density at radius 2 is 2.05 bits per heavy atom. The maximum Gasteiger partial charge on any atom is 0.130 e. The van der Waals surface area contributed by atoms with E-state index in [4.69, 9.17) is 4.74 Å². The van der Waals surface area contributed by atoms with Gasteiger partial charge in [0.2, 0.25) is 0 Å². The zero-order valence-corrected chi connectivity index (χ0v) is 12.5. The molecule has 0 aromatic heterocycles. The number of rotatable bonds is 6. The second-order valence-corrected chi connectivity index (χ2v) is 4.70. The van der Waals surface area contributed by atoms with E-state index >= 15 is 0 Å². The average molecular weight is 259 g/mol. The smallest absolute Gasteiger partial charge is 0.130 e. The van der Waals surface area contributed by atoms with Crippen LogP contribution in [0.15, 0.2) is 35.6 Å². The van der Waals surface area contributed by atoms with Crippen LogP contribution in [0.4, 0.5) is 0 Å². The number of allylic oxidation sites excluding steroid dienone is 5. The van der Waals surface area contributed by atoms with Crippen LogP contribution < -0.4 is 5.32 Å². The van der Waals surface area contributed by atoms with E-state index in [1.54, 1.807) is 0 Å². The normalized spacial score (nSPS) is 18.1. The Morgan fingerprint density at radius 3 is 2.58 bits per heavy atom. The predicted molar refractivity (Wildman–Crippen MR) is 81.7 cm³/mol. The SMILES string of the molecule is CC/C=C/C=C\C(OCC)=C(/C)C#CC1(NC)CC1. The topological polar surface area (TPSA) is 21.3 Å². The van der Waals surface area contributed by atoms with E-state index < -0.39 is 0 Å². The van der Waals surface area contributed by atoms with Crippen LogP contribution in [0.3, 0.4) is 0 Å². The number of nitrogens with one attached hydrogen (secondary N) is 1. The fraction of sp³-hybridized carbons (Fsp3) is 0.529. The van der Waals surface area contributed by atoms with Crippen LogP contribution >= 0.6 is 0 Å². The van der Waals surface area contributed by atoms with Crippen LogP contribution in [0.2, 0.25) is 0 Å². The van der Waals surface area contributed by atoms with E-state index in [-0.39, 0.29) is 5.54 Å². The molecule has 0 saturated heterocycles. The molecule has 1 saturated carbocycles. The largest absolute Gasteiger partial charge is 0.493 e. The van der Waals surface area contributed by atoms with Crippen LogP contribution in [0.5, 0.6) is 0 Å². The molecule has 1 aliphatic carbocycles. The summed E-state index contributed by atoms with van der Waals surface area (Å²) in [4.78, 5) is 0. The minimum atomic E-state index is 0.0599. The van der Waals surface area contributed by atoms with Gasteiger partial charge in [-0.05, 0) is 46.2 Å². The number of hydrogen-bond donors (Lipinski definition) is 1. The fourth-order valence-electron chi connectivity index (χ4n) is 1.63. The van der Waals surface area contributed by atoms with Gasteiger partial charge in [0.25, 0.3) is 0 Å². The minimum Gasteiger partial charge on any atom is -0.493 e. The highest BCUT2D eigenvalue weighted by atomic mass is 16.5. The molecule has 0 aromatic rings. The van der Waals surface area contributed by atoms with E-state index in [0.717, 1.165) is 30.6 Å². The standard InChI is InChI=1S/C17H25NO/c1-5-7-8-9-10-16(19-6-2)15(3)11-12-17(18-4)13-14-17/h7-10,18H,5-6,13-14H2,1-4H3/b8-7+,10-9-,16-15-. The second-order valence-electron chi connectivity index (χ2n) is 4.70. The van der Waals surface area contributed by atoms with Crippen LogP contribution in [-0.4, -0.2) is 19.2 Å². The van der Waals surface area contributed by atoms with Crippen LogP contribution in [0.1, 0.15) is 40.0 Å². The van der Waals surface area contributed by atoms with Crippen LogP contribution in [0, 0.1) is 11.8 Å². The summed E-state index contributed by atoms with van der Waals surface area (Å²) in [6.45, 7) is 6.78. The third-order valence-electron chi connectivity index (χ3n) is 3.12. The molecule has 1 fully saturated rings. The lowest BCUT2D eigenvalue weighted by Crippen LogP contribution is -2.24. The first-order valence-corrected chi connectivity index (χ1v) is 7.06. The minimum absolute atomic E-state index is 0.0599. The van der Waals surface area contributed by atoms with Crippen molar-refractivity contribution in [3.63, 3.8) is 0 Å². The van der Waals surface area contributed by atoms with Crippen LogP contribution in [0.25, 0.3) is 0 Å². The summed E-state index contributed by atoms with van der Waals surface area (Å²) >= 11 is 0. The van der Waals surface area contributed by atoms with Gasteiger partial charge in [0.05, 0.1) is 12.1 Å². The summed E-state index contributed by atoms with van der Waals surface area (Å²) in [6, 6.07) is 0. The molecule has 2 nitrogen and oxygen atoms in total. The average Bonchev–Trinajstić information content (AvgIpc) is 3.20. The summed E-state index contributed by atoms with van der Waals surface area (Å²) in [7, 11) is 1.97. The molecule has 1 aliphatic rings. The first kappa shape index (κ1) is 15.6. The van der Waals surface area contributed by atoms with E-state index in [1.807, 2.05) is 39.1 Å². The summed E-state index contributed by atoms with van der Waals surface area (Å²) in [6.07, 6.45) is 11.5. The third-order valence-corrected chi connectivity index (χ3v) is 3.12. The van der Waals surface area contributed by atoms with Crippen molar-refractivity contribution in [3.05, 3.63) is 35.6 Å². The van der Waals surface area contributed by atoms with Gasteiger partial charge in [-0.2, -0.15) is 0 Å². The molecule has 104 valence electrons. The molecule has 0 unspecified atom stereocenters. The molecule has 2 heteroatoms. The van der Waals surface area contributed by atoms with Crippen molar-refractivity contribution in [3.8, 4) is 11.8 Å². The highest BCUT2D eigenvalue weighted by molar-refractivity contribution is 5.39. The van der Waals surface area contributed by atoms with Gasteiger partial charge in [0.15, 0.2) is 0 Å². The lowest BCUT2D eigenvalue weighted by atomic mass is 10.2. The Morgan fingerprint density at radius 1 is 1.32 bits per heavy atom. The summed E-state index contributed by atoms with van der Waals surface area (Å²) in [5.41, 5.74) is 1.05. The Hall–Kier alpha value is -1.46. The highest BCUT2D eigenvalue weighted by Gasteiger charge is 2.39. The van der Waals surface area contributed by atoms with Gasteiger partial charge in [0.1, 0.15) is 5.76 Å². The molecule has 0 radical (unpaired) electrons. The molecule has 0 aliphatic heterocycles. The van der Waals surface area contributed by atoms with Crippen molar-refractivity contribution in [1.82, 2.24) is 5.32 Å². The van der Waals surface area contributed by atoms with Crippen LogP contribution in [-0.2, 0) is 4.74 Å². The molecule has 0 spiro atoms. The molecular weight excluding hydrogens is 234 g/mol. The quantitative estimate of drug-likeness (QED) is 0.447. The lowest BCUT2D eigenvalue weighted by molar-refractivity contribution is 0.240. The van der Waals surface area contributed by atoms with Crippen molar-refractivity contribution in [2.24, 2.45) is 0 Å². The number of ether oxygens (including phenoxy) is 1. The molecule has 0 heterocycles. The summed E-state index contributed by atoms with van der Waals surface area (Å²) in [5, 5.41) is 3.27. The van der Waals surface area contributed by atoms with Gasteiger partial charge in [0, 0.05) is 5.57 Å². The Labute approximate surface area is 117 Å². The molecule has 0 bridgehead atoms. The zero-order chi connectivity index (χ0) is 14.1. The summed E-state index contributed by atoms with van der Waals surface area (Å²) < 4.78 is 5.64. The van der Waals surface area contributed by atoms with E-state index in [9.17, 15) is 0 Å². The van der Waals surface area contributed by atoms with E-state index in [0.29, 0.717) is 6.61 Å². The van der Waals surface area contributed by atoms with E-state index in [1.165, 1.54) is 0 Å². The van der Waals surface area contributed by atoms with Gasteiger partial charge in [-0.25, -0.2) is 0 Å². The molecule has 0 aromatic carbocycles. The fourth-order valence-corrected chi connectivity index (χ4v) is 1.63. The highest BCUT2D eigenvalue weighted by Crippen LogP contribution is 2.33. The summed E-state index contributed by atoms with van der Waals surface area (Å²) in [5.74, 6) is 7.40. The zero-order valence-electron chi connectivity index (χ0n) is 12.5. The Balaban J connectivity index is 2.79. The Kier molecular flexibility index (Phi) is 6.45. The van der Waals surface area contributed by atoms with Gasteiger partial charge in [-0.15, -0.1) is 0 Å². The van der Waals surface area contributed by atoms with Crippen molar-refractivity contribution in [1.29, 1.82) is 0 Å². The molecule has 1 rings (SSSR count). The monoisotopic (exact) mass is 259 g/mol. The van der Waals surface area contributed by atoms with Crippen molar-refractivity contribution in [2.45, 2.75) is 45.6 Å². The van der Waals surface area contributed by atoms with Crippen molar-refractivity contribution < 1.29 is 4.74 Å².